The number of rotatable bonds is 4. The summed E-state index contributed by atoms with van der Waals surface area (Å²) in [4.78, 5) is 0. The maximum atomic E-state index is 12.0. The van der Waals surface area contributed by atoms with Crippen LogP contribution in [0.4, 0.5) is 8.78 Å². The van der Waals surface area contributed by atoms with Crippen molar-refractivity contribution in [3.63, 3.8) is 0 Å². The van der Waals surface area contributed by atoms with E-state index in [0.717, 1.165) is 4.47 Å². The van der Waals surface area contributed by atoms with Crippen LogP contribution in [0.1, 0.15) is 18.5 Å². The predicted molar refractivity (Wildman–Crippen MR) is 58.2 cm³/mol. The van der Waals surface area contributed by atoms with Gasteiger partial charge in [0.2, 0.25) is 0 Å². The smallest absolute Gasteiger partial charge is 0.272 e. The molecule has 5 heteroatoms. The third kappa shape index (κ3) is 3.76. The number of ether oxygens (including phenoxy) is 1. The predicted octanol–water partition coefficient (Wildman–Crippen LogP) is 3.11. The van der Waals surface area contributed by atoms with Gasteiger partial charge in [0, 0.05) is 16.1 Å². The van der Waals surface area contributed by atoms with E-state index in [1.165, 1.54) is 0 Å². The van der Waals surface area contributed by atoms with Crippen molar-refractivity contribution in [2.45, 2.75) is 19.4 Å². The van der Waals surface area contributed by atoms with E-state index in [1.807, 2.05) is 0 Å². The minimum Gasteiger partial charge on any atom is -0.487 e. The molecule has 0 spiro atoms. The summed E-state index contributed by atoms with van der Waals surface area (Å²) >= 11 is 3.29. The molecule has 0 heterocycles. The summed E-state index contributed by atoms with van der Waals surface area (Å²) in [5.41, 5.74) is 6.41. The maximum absolute atomic E-state index is 12.0. The van der Waals surface area contributed by atoms with Gasteiger partial charge in [-0.15, -0.1) is 0 Å². The zero-order chi connectivity index (χ0) is 11.4. The Bertz CT molecular complexity index is 331. The van der Waals surface area contributed by atoms with Gasteiger partial charge >= 0.3 is 0 Å². The van der Waals surface area contributed by atoms with Gasteiger partial charge in [0.15, 0.2) is 0 Å². The third-order valence-corrected chi connectivity index (χ3v) is 2.32. The third-order valence-electron chi connectivity index (χ3n) is 1.83. The molecule has 1 atom stereocenters. The van der Waals surface area contributed by atoms with E-state index >= 15 is 0 Å². The van der Waals surface area contributed by atoms with E-state index in [0.29, 0.717) is 11.3 Å². The average Bonchev–Trinajstić information content (AvgIpc) is 2.15. The topological polar surface area (TPSA) is 35.2 Å². The van der Waals surface area contributed by atoms with Gasteiger partial charge in [-0.05, 0) is 25.1 Å². The number of hydrogen-bond donors (Lipinski definition) is 1. The molecule has 0 saturated carbocycles. The molecule has 84 valence electrons. The summed E-state index contributed by atoms with van der Waals surface area (Å²) in [7, 11) is 0. The lowest BCUT2D eigenvalue weighted by atomic mass is 10.1. The summed E-state index contributed by atoms with van der Waals surface area (Å²) in [6.07, 6.45) is -2.48. The van der Waals surface area contributed by atoms with E-state index in [-0.39, 0.29) is 6.04 Å². The van der Waals surface area contributed by atoms with Crippen molar-refractivity contribution in [2.24, 2.45) is 5.73 Å². The van der Waals surface area contributed by atoms with Gasteiger partial charge in [-0.3, -0.25) is 0 Å². The van der Waals surface area contributed by atoms with Crippen molar-refractivity contribution in [3.8, 4) is 5.75 Å². The van der Waals surface area contributed by atoms with Gasteiger partial charge < -0.3 is 10.5 Å². The number of benzene rings is 1. The Morgan fingerprint density at radius 2 is 2.13 bits per heavy atom. The molecule has 2 N–H and O–H groups in total. The van der Waals surface area contributed by atoms with Crippen LogP contribution in [0.3, 0.4) is 0 Å². The van der Waals surface area contributed by atoms with E-state index in [4.69, 9.17) is 10.5 Å². The van der Waals surface area contributed by atoms with Gasteiger partial charge in [-0.2, -0.15) is 0 Å². The summed E-state index contributed by atoms with van der Waals surface area (Å²) in [5.74, 6) is 0.411. The van der Waals surface area contributed by atoms with E-state index in [1.54, 1.807) is 25.1 Å². The molecule has 0 radical (unpaired) electrons. The molecule has 0 aliphatic carbocycles. The first-order valence-corrected chi connectivity index (χ1v) is 5.26. The SMILES string of the molecule is C[C@@H](N)c1cc(Br)ccc1OCC(F)F. The monoisotopic (exact) mass is 279 g/mol. The van der Waals surface area contributed by atoms with Crippen molar-refractivity contribution in [1.29, 1.82) is 0 Å². The maximum Gasteiger partial charge on any atom is 0.272 e. The molecular weight excluding hydrogens is 268 g/mol. The first-order chi connectivity index (χ1) is 7.00. The molecule has 15 heavy (non-hydrogen) atoms. The summed E-state index contributed by atoms with van der Waals surface area (Å²) < 4.78 is 29.7. The Hall–Kier alpha value is -0.680. The minimum atomic E-state index is -2.48. The van der Waals surface area contributed by atoms with Crippen LogP contribution in [0, 0.1) is 0 Å². The molecule has 0 bridgehead atoms. The molecule has 1 aromatic carbocycles. The lowest BCUT2D eigenvalue weighted by Gasteiger charge is -2.14. The second kappa shape index (κ2) is 5.42. The molecule has 0 amide bonds. The fraction of sp³-hybridized carbons (Fsp3) is 0.400. The second-order valence-corrected chi connectivity index (χ2v) is 4.09. The van der Waals surface area contributed by atoms with Gasteiger partial charge in [-0.25, -0.2) is 8.78 Å². The van der Waals surface area contributed by atoms with Crippen LogP contribution in [-0.4, -0.2) is 13.0 Å². The highest BCUT2D eigenvalue weighted by atomic mass is 79.9. The highest BCUT2D eigenvalue weighted by Crippen LogP contribution is 2.27. The molecular formula is C10H12BrF2NO. The van der Waals surface area contributed by atoms with Gasteiger partial charge in [0.25, 0.3) is 6.43 Å². The zero-order valence-corrected chi connectivity index (χ0v) is 9.80. The minimum absolute atomic E-state index is 0.254. The molecule has 0 aliphatic heterocycles. The van der Waals surface area contributed by atoms with Crippen LogP contribution in [0.15, 0.2) is 22.7 Å². The van der Waals surface area contributed by atoms with Crippen LogP contribution < -0.4 is 10.5 Å². The highest BCUT2D eigenvalue weighted by Gasteiger charge is 2.11. The first-order valence-electron chi connectivity index (χ1n) is 4.46. The van der Waals surface area contributed by atoms with Crippen molar-refractivity contribution in [3.05, 3.63) is 28.2 Å². The van der Waals surface area contributed by atoms with Crippen molar-refractivity contribution in [1.82, 2.24) is 0 Å². The molecule has 0 aromatic heterocycles. The Kier molecular flexibility index (Phi) is 4.47. The summed E-state index contributed by atoms with van der Waals surface area (Å²) in [6, 6.07) is 4.87. The molecule has 2 nitrogen and oxygen atoms in total. The fourth-order valence-electron chi connectivity index (χ4n) is 1.16. The van der Waals surface area contributed by atoms with Crippen LogP contribution in [-0.2, 0) is 0 Å². The Labute approximate surface area is 95.5 Å². The Morgan fingerprint density at radius 1 is 1.47 bits per heavy atom. The lowest BCUT2D eigenvalue weighted by Crippen LogP contribution is -2.12. The van der Waals surface area contributed by atoms with Gasteiger partial charge in [-0.1, -0.05) is 15.9 Å². The number of alkyl halides is 2. The first kappa shape index (κ1) is 12.4. The standard InChI is InChI=1S/C10H12BrF2NO/c1-6(14)8-4-7(11)2-3-9(8)15-5-10(12)13/h2-4,6,10H,5,14H2,1H3/t6-/m1/s1. The zero-order valence-electron chi connectivity index (χ0n) is 8.21. The number of hydrogen-bond acceptors (Lipinski definition) is 2. The van der Waals surface area contributed by atoms with Crippen LogP contribution in [0.2, 0.25) is 0 Å². The molecule has 0 unspecified atom stereocenters. The number of halogens is 3. The fourth-order valence-corrected chi connectivity index (χ4v) is 1.54. The van der Waals surface area contributed by atoms with Crippen LogP contribution in [0.25, 0.3) is 0 Å². The van der Waals surface area contributed by atoms with Gasteiger partial charge in [0.05, 0.1) is 0 Å². The van der Waals surface area contributed by atoms with Crippen LogP contribution >= 0.6 is 15.9 Å². The summed E-state index contributed by atoms with van der Waals surface area (Å²) in [5, 5.41) is 0. The molecule has 1 rings (SSSR count). The van der Waals surface area contributed by atoms with Crippen molar-refractivity contribution in [2.75, 3.05) is 6.61 Å². The Balaban J connectivity index is 2.86. The average molecular weight is 280 g/mol. The molecule has 0 aliphatic rings. The van der Waals surface area contributed by atoms with E-state index in [9.17, 15) is 8.78 Å². The summed E-state index contributed by atoms with van der Waals surface area (Å²) in [6.45, 7) is 1.17. The quantitative estimate of drug-likeness (QED) is 0.919. The largest absolute Gasteiger partial charge is 0.487 e. The molecule has 1 aromatic rings. The van der Waals surface area contributed by atoms with E-state index in [2.05, 4.69) is 15.9 Å². The lowest BCUT2D eigenvalue weighted by molar-refractivity contribution is 0.0812. The molecule has 0 fully saturated rings. The normalized spacial score (nSPS) is 12.9. The van der Waals surface area contributed by atoms with Crippen LogP contribution in [0.5, 0.6) is 5.75 Å². The van der Waals surface area contributed by atoms with E-state index < -0.39 is 13.0 Å². The van der Waals surface area contributed by atoms with Crippen molar-refractivity contribution < 1.29 is 13.5 Å². The number of nitrogens with two attached hydrogens (primary N) is 1. The Morgan fingerprint density at radius 3 is 2.67 bits per heavy atom. The highest BCUT2D eigenvalue weighted by molar-refractivity contribution is 9.10. The van der Waals surface area contributed by atoms with Gasteiger partial charge in [0.1, 0.15) is 12.4 Å². The second-order valence-electron chi connectivity index (χ2n) is 3.17. The molecule has 0 saturated heterocycles. The van der Waals surface area contributed by atoms with Crippen molar-refractivity contribution >= 4 is 15.9 Å².